The van der Waals surface area contributed by atoms with Crippen molar-refractivity contribution in [3.63, 3.8) is 0 Å². The molecule has 0 aliphatic carbocycles. The first-order valence-electron chi connectivity index (χ1n) is 9.26. The molecule has 4 nitrogen and oxygen atoms in total. The summed E-state index contributed by atoms with van der Waals surface area (Å²) in [6, 6.07) is 7.50. The van der Waals surface area contributed by atoms with Gasteiger partial charge in [0, 0.05) is 6.04 Å². The van der Waals surface area contributed by atoms with Crippen molar-refractivity contribution in [3.05, 3.63) is 57.6 Å². The predicted molar refractivity (Wildman–Crippen MR) is 111 cm³/mol. The summed E-state index contributed by atoms with van der Waals surface area (Å²) < 4.78 is 34.5. The number of ether oxygens (including phenoxy) is 1. The Labute approximate surface area is 164 Å². The highest BCUT2D eigenvalue weighted by Gasteiger charge is 2.24. The van der Waals surface area contributed by atoms with Gasteiger partial charge in [-0.2, -0.15) is 0 Å². The maximum atomic E-state index is 13.1. The molecule has 1 unspecified atom stereocenters. The number of rotatable bonds is 6. The third-order valence-electron chi connectivity index (χ3n) is 4.91. The molecule has 148 valence electrons. The highest BCUT2D eigenvalue weighted by atomic mass is 32.2. The minimum absolute atomic E-state index is 0.282. The van der Waals surface area contributed by atoms with Gasteiger partial charge in [0.05, 0.1) is 12.0 Å². The summed E-state index contributed by atoms with van der Waals surface area (Å²) in [5.74, 6) is 1.12. The molecule has 0 radical (unpaired) electrons. The number of sulfonamides is 1. The van der Waals surface area contributed by atoms with Crippen molar-refractivity contribution in [2.75, 3.05) is 7.11 Å². The largest absolute Gasteiger partial charge is 0.496 e. The Balaban J connectivity index is 2.45. The molecular weight excluding hydrogens is 358 g/mol. The van der Waals surface area contributed by atoms with Crippen molar-refractivity contribution in [2.24, 2.45) is 0 Å². The van der Waals surface area contributed by atoms with E-state index in [1.807, 2.05) is 52.8 Å². The van der Waals surface area contributed by atoms with E-state index in [1.165, 1.54) is 0 Å². The van der Waals surface area contributed by atoms with E-state index >= 15 is 0 Å². The summed E-state index contributed by atoms with van der Waals surface area (Å²) in [6.07, 6.45) is 0. The van der Waals surface area contributed by atoms with Gasteiger partial charge in [0.2, 0.25) is 10.0 Å². The number of aryl methyl sites for hydroxylation is 4. The van der Waals surface area contributed by atoms with Crippen molar-refractivity contribution < 1.29 is 13.2 Å². The third-order valence-corrected chi connectivity index (χ3v) is 6.76. The van der Waals surface area contributed by atoms with Crippen LogP contribution in [0.1, 0.15) is 66.1 Å². The summed E-state index contributed by atoms with van der Waals surface area (Å²) in [4.78, 5) is 0.371. The maximum absolute atomic E-state index is 13.1. The minimum Gasteiger partial charge on any atom is -0.496 e. The standard InChI is InChI=1S/C22H31NO3S/c1-13(2)19-12-20(15(4)11-21(19)26-8)18(7)23-27(24,25)22-16(5)9-14(3)10-17(22)6/h9-13,18,23H,1-8H3. The highest BCUT2D eigenvalue weighted by molar-refractivity contribution is 7.89. The molecule has 1 N–H and O–H groups in total. The molecule has 1 atom stereocenters. The van der Waals surface area contributed by atoms with Crippen LogP contribution < -0.4 is 9.46 Å². The number of hydrogen-bond acceptors (Lipinski definition) is 3. The predicted octanol–water partition coefficient (Wildman–Crippen LogP) is 5.09. The van der Waals surface area contributed by atoms with Crippen LogP contribution in [0.5, 0.6) is 5.75 Å². The van der Waals surface area contributed by atoms with Gasteiger partial charge >= 0.3 is 0 Å². The molecule has 0 saturated carbocycles. The number of nitrogens with one attached hydrogen (secondary N) is 1. The lowest BCUT2D eigenvalue weighted by Crippen LogP contribution is -2.28. The zero-order chi connectivity index (χ0) is 20.5. The molecule has 0 aliphatic rings. The smallest absolute Gasteiger partial charge is 0.241 e. The van der Waals surface area contributed by atoms with Gasteiger partial charge in [-0.15, -0.1) is 0 Å². The van der Waals surface area contributed by atoms with E-state index in [0.29, 0.717) is 4.90 Å². The Morgan fingerprint density at radius 1 is 0.852 bits per heavy atom. The Morgan fingerprint density at radius 2 is 1.41 bits per heavy atom. The Bertz CT molecular complexity index is 923. The van der Waals surface area contributed by atoms with Gasteiger partial charge in [0.25, 0.3) is 0 Å². The van der Waals surface area contributed by atoms with E-state index in [0.717, 1.165) is 39.1 Å². The van der Waals surface area contributed by atoms with Crippen LogP contribution in [0.2, 0.25) is 0 Å². The molecule has 2 aromatic carbocycles. The summed E-state index contributed by atoms with van der Waals surface area (Å²) in [5.41, 5.74) is 5.63. The summed E-state index contributed by atoms with van der Waals surface area (Å²) >= 11 is 0. The fourth-order valence-electron chi connectivity index (χ4n) is 3.76. The van der Waals surface area contributed by atoms with Crippen LogP contribution in [-0.2, 0) is 10.0 Å². The number of hydrogen-bond donors (Lipinski definition) is 1. The molecule has 0 spiro atoms. The summed E-state index contributed by atoms with van der Waals surface area (Å²) in [5, 5.41) is 0. The first-order chi connectivity index (χ1) is 12.5. The third kappa shape index (κ3) is 4.53. The molecule has 2 rings (SSSR count). The molecule has 0 saturated heterocycles. The van der Waals surface area contributed by atoms with Crippen LogP contribution in [0.15, 0.2) is 29.2 Å². The zero-order valence-corrected chi connectivity index (χ0v) is 18.4. The van der Waals surface area contributed by atoms with Crippen molar-refractivity contribution in [3.8, 4) is 5.75 Å². The van der Waals surface area contributed by atoms with Crippen molar-refractivity contribution in [1.29, 1.82) is 0 Å². The van der Waals surface area contributed by atoms with Crippen LogP contribution in [0.4, 0.5) is 0 Å². The Morgan fingerprint density at radius 3 is 1.89 bits per heavy atom. The van der Waals surface area contributed by atoms with E-state index < -0.39 is 10.0 Å². The molecular formula is C22H31NO3S. The Hall–Kier alpha value is -1.85. The van der Waals surface area contributed by atoms with Gasteiger partial charge in [0.1, 0.15) is 5.75 Å². The Kier molecular flexibility index (Phi) is 6.38. The molecule has 0 amide bonds. The average molecular weight is 390 g/mol. The molecule has 2 aromatic rings. The van der Waals surface area contributed by atoms with E-state index in [4.69, 9.17) is 4.74 Å². The molecule has 0 fully saturated rings. The minimum atomic E-state index is -3.63. The second-order valence-corrected chi connectivity index (χ2v) is 9.33. The first kappa shape index (κ1) is 21.5. The quantitative estimate of drug-likeness (QED) is 0.748. The van der Waals surface area contributed by atoms with Gasteiger partial charge in [-0.25, -0.2) is 13.1 Å². The highest BCUT2D eigenvalue weighted by Crippen LogP contribution is 2.33. The van der Waals surface area contributed by atoms with Gasteiger partial charge in [-0.1, -0.05) is 31.5 Å². The van der Waals surface area contributed by atoms with Crippen LogP contribution in [0, 0.1) is 27.7 Å². The van der Waals surface area contributed by atoms with Crippen LogP contribution in [0.25, 0.3) is 0 Å². The zero-order valence-electron chi connectivity index (χ0n) is 17.6. The molecule has 0 heterocycles. The first-order valence-corrected chi connectivity index (χ1v) is 10.7. The lowest BCUT2D eigenvalue weighted by Gasteiger charge is -2.22. The van der Waals surface area contributed by atoms with Crippen LogP contribution in [-0.4, -0.2) is 15.5 Å². The normalized spacial score (nSPS) is 13.1. The molecule has 0 aliphatic heterocycles. The topological polar surface area (TPSA) is 55.4 Å². The van der Waals surface area contributed by atoms with Crippen LogP contribution >= 0.6 is 0 Å². The maximum Gasteiger partial charge on any atom is 0.241 e. The summed E-state index contributed by atoms with van der Waals surface area (Å²) in [7, 11) is -1.97. The average Bonchev–Trinajstić information content (AvgIpc) is 2.51. The number of benzene rings is 2. The SMILES string of the molecule is COc1cc(C)c(C(C)NS(=O)(=O)c2c(C)cc(C)cc2C)cc1C(C)C. The van der Waals surface area contributed by atoms with Gasteiger partial charge < -0.3 is 4.74 Å². The van der Waals surface area contributed by atoms with Gasteiger partial charge in [-0.3, -0.25) is 0 Å². The fourth-order valence-corrected chi connectivity index (χ4v) is 5.43. The lowest BCUT2D eigenvalue weighted by molar-refractivity contribution is 0.406. The second kappa shape index (κ2) is 8.03. The molecule has 0 aromatic heterocycles. The molecule has 27 heavy (non-hydrogen) atoms. The van der Waals surface area contributed by atoms with Crippen molar-refractivity contribution in [2.45, 2.75) is 65.3 Å². The lowest BCUT2D eigenvalue weighted by atomic mass is 9.94. The van der Waals surface area contributed by atoms with Crippen LogP contribution in [0.3, 0.4) is 0 Å². The van der Waals surface area contributed by atoms with Gasteiger partial charge in [0.15, 0.2) is 0 Å². The van der Waals surface area contributed by atoms with Crippen molar-refractivity contribution >= 4 is 10.0 Å². The second-order valence-electron chi connectivity index (χ2n) is 7.68. The van der Waals surface area contributed by atoms with Crippen molar-refractivity contribution in [1.82, 2.24) is 4.72 Å². The molecule has 5 heteroatoms. The van der Waals surface area contributed by atoms with Gasteiger partial charge in [-0.05, 0) is 80.5 Å². The van der Waals surface area contributed by atoms with E-state index in [2.05, 4.69) is 24.6 Å². The monoisotopic (exact) mass is 389 g/mol. The fraction of sp³-hybridized carbons (Fsp3) is 0.455. The number of methoxy groups -OCH3 is 1. The summed E-state index contributed by atoms with van der Waals surface area (Å²) in [6.45, 7) is 13.7. The van der Waals surface area contributed by atoms with E-state index in [-0.39, 0.29) is 12.0 Å². The van der Waals surface area contributed by atoms with E-state index in [9.17, 15) is 8.42 Å². The van der Waals surface area contributed by atoms with E-state index in [1.54, 1.807) is 7.11 Å². The molecule has 0 bridgehead atoms.